The molecule has 1 atom stereocenters. The van der Waals surface area contributed by atoms with Crippen LogP contribution in [-0.2, 0) is 11.2 Å². The average molecular weight is 329 g/mol. The van der Waals surface area contributed by atoms with Gasteiger partial charge in [0.05, 0.1) is 22.7 Å². The number of aromatic nitrogens is 4. The molecule has 0 spiro atoms. The molecule has 3 aromatic rings. The summed E-state index contributed by atoms with van der Waals surface area (Å²) in [6.45, 7) is 0.716. The van der Waals surface area contributed by atoms with Gasteiger partial charge in [-0.25, -0.2) is 14.9 Å². The van der Waals surface area contributed by atoms with Crippen LogP contribution < -0.4 is 5.69 Å². The molecule has 1 aromatic carbocycles. The highest BCUT2D eigenvalue weighted by atomic mass is 32.1. The maximum absolute atomic E-state index is 12.5. The van der Waals surface area contributed by atoms with Crippen molar-refractivity contribution in [2.45, 2.75) is 25.3 Å². The average Bonchev–Trinajstić information content (AvgIpc) is 3.24. The van der Waals surface area contributed by atoms with Gasteiger partial charge in [-0.15, -0.1) is 11.3 Å². The third-order valence-electron chi connectivity index (χ3n) is 4.04. The summed E-state index contributed by atoms with van der Waals surface area (Å²) in [6, 6.07) is 8.02. The lowest BCUT2D eigenvalue weighted by molar-refractivity contribution is -0.131. The van der Waals surface area contributed by atoms with E-state index in [-0.39, 0.29) is 18.4 Å². The smallest absolute Gasteiger partial charge is 0.333 e. The Morgan fingerprint density at radius 2 is 2.26 bits per heavy atom. The van der Waals surface area contributed by atoms with Gasteiger partial charge in [-0.1, -0.05) is 12.1 Å². The molecule has 23 heavy (non-hydrogen) atoms. The van der Waals surface area contributed by atoms with E-state index in [0.717, 1.165) is 28.1 Å². The number of likely N-dealkylation sites (tertiary alicyclic amines) is 1. The van der Waals surface area contributed by atoms with Crippen LogP contribution in [0.2, 0.25) is 0 Å². The van der Waals surface area contributed by atoms with Gasteiger partial charge in [0.15, 0.2) is 0 Å². The summed E-state index contributed by atoms with van der Waals surface area (Å²) >= 11 is 1.64. The molecule has 4 rings (SSSR count). The molecule has 1 fully saturated rings. The number of hydrogen-bond acceptors (Lipinski definition) is 5. The summed E-state index contributed by atoms with van der Waals surface area (Å²) in [4.78, 5) is 32.7. The molecule has 1 aliphatic heterocycles. The first-order valence-corrected chi connectivity index (χ1v) is 8.31. The molecule has 0 bridgehead atoms. The number of aromatic amines is 2. The maximum Gasteiger partial charge on any atom is 0.340 e. The van der Waals surface area contributed by atoms with Gasteiger partial charge < -0.3 is 4.90 Å². The second-order valence-electron chi connectivity index (χ2n) is 5.57. The Labute approximate surface area is 135 Å². The summed E-state index contributed by atoms with van der Waals surface area (Å²) < 4.78 is 1.14. The van der Waals surface area contributed by atoms with Crippen LogP contribution in [0.25, 0.3) is 10.2 Å². The van der Waals surface area contributed by atoms with Crippen molar-refractivity contribution in [3.05, 3.63) is 45.6 Å². The third kappa shape index (κ3) is 2.65. The van der Waals surface area contributed by atoms with Gasteiger partial charge in [-0.05, 0) is 25.0 Å². The highest BCUT2D eigenvalue weighted by Crippen LogP contribution is 2.36. The number of fused-ring (bicyclic) bond motifs is 1. The fourth-order valence-electron chi connectivity index (χ4n) is 2.99. The molecular weight excluding hydrogens is 314 g/mol. The van der Waals surface area contributed by atoms with Crippen molar-refractivity contribution in [1.82, 2.24) is 25.1 Å². The predicted octanol–water partition coefficient (Wildman–Crippen LogP) is 1.61. The molecule has 0 radical (unpaired) electrons. The monoisotopic (exact) mass is 329 g/mol. The maximum atomic E-state index is 12.5. The molecule has 0 unspecified atom stereocenters. The van der Waals surface area contributed by atoms with Crippen LogP contribution in [0.1, 0.15) is 29.7 Å². The number of hydrogen-bond donors (Lipinski definition) is 2. The van der Waals surface area contributed by atoms with E-state index in [1.54, 1.807) is 11.3 Å². The molecule has 1 saturated heterocycles. The number of H-pyrrole nitrogens is 2. The lowest BCUT2D eigenvalue weighted by Gasteiger charge is -2.22. The molecule has 1 aliphatic rings. The van der Waals surface area contributed by atoms with Gasteiger partial charge >= 0.3 is 5.69 Å². The zero-order valence-corrected chi connectivity index (χ0v) is 13.1. The number of para-hydroxylation sites is 1. The Morgan fingerprint density at radius 3 is 3.04 bits per heavy atom. The van der Waals surface area contributed by atoms with Gasteiger partial charge in [0, 0.05) is 6.54 Å². The molecule has 8 heteroatoms. The van der Waals surface area contributed by atoms with Crippen LogP contribution in [0.4, 0.5) is 0 Å². The normalized spacial score (nSPS) is 17.9. The Morgan fingerprint density at radius 1 is 1.39 bits per heavy atom. The number of nitrogens with one attached hydrogen (secondary N) is 2. The van der Waals surface area contributed by atoms with Gasteiger partial charge in [0.2, 0.25) is 5.91 Å². The van der Waals surface area contributed by atoms with Crippen LogP contribution >= 0.6 is 11.3 Å². The number of benzene rings is 1. The van der Waals surface area contributed by atoms with E-state index in [1.165, 1.54) is 0 Å². The van der Waals surface area contributed by atoms with E-state index in [2.05, 4.69) is 20.2 Å². The minimum absolute atomic E-state index is 0.0190. The minimum atomic E-state index is -0.392. The second kappa shape index (κ2) is 5.62. The van der Waals surface area contributed by atoms with Crippen molar-refractivity contribution in [1.29, 1.82) is 0 Å². The summed E-state index contributed by atoms with van der Waals surface area (Å²) in [6.07, 6.45) is 1.98. The first kappa shape index (κ1) is 14.1. The molecule has 118 valence electrons. The fraction of sp³-hybridized carbons (Fsp3) is 0.333. The molecular formula is C15H15N5O2S. The van der Waals surface area contributed by atoms with E-state index < -0.39 is 5.69 Å². The van der Waals surface area contributed by atoms with Crippen LogP contribution in [-0.4, -0.2) is 37.5 Å². The van der Waals surface area contributed by atoms with Crippen molar-refractivity contribution in [2.75, 3.05) is 6.54 Å². The zero-order chi connectivity index (χ0) is 15.8. The van der Waals surface area contributed by atoms with E-state index in [0.29, 0.717) is 12.4 Å². The molecule has 3 heterocycles. The number of thiazole rings is 1. The quantitative estimate of drug-likeness (QED) is 0.763. The largest absolute Gasteiger partial charge is 0.340 e. The standard InChI is InChI=1S/C15H15N5O2S/c21-13(8-12-17-15(22)19-18-12)20-7-3-5-10(20)14-16-9-4-1-2-6-11(9)23-14/h1-2,4,6,10H,3,5,7-8H2,(H2,17,18,19,22)/t10-/m0/s1. The van der Waals surface area contributed by atoms with Crippen molar-refractivity contribution >= 4 is 27.5 Å². The number of carbonyl (C=O) groups is 1. The predicted molar refractivity (Wildman–Crippen MR) is 86.2 cm³/mol. The van der Waals surface area contributed by atoms with Crippen molar-refractivity contribution < 1.29 is 4.79 Å². The number of nitrogens with zero attached hydrogens (tertiary/aromatic N) is 3. The lowest BCUT2D eigenvalue weighted by Crippen LogP contribution is -2.32. The minimum Gasteiger partial charge on any atom is -0.333 e. The first-order chi connectivity index (χ1) is 11.2. The first-order valence-electron chi connectivity index (χ1n) is 7.49. The summed E-state index contributed by atoms with van der Waals surface area (Å²) in [7, 11) is 0. The summed E-state index contributed by atoms with van der Waals surface area (Å²) in [5, 5.41) is 7.07. The Hall–Kier alpha value is -2.48. The van der Waals surface area contributed by atoms with Crippen LogP contribution in [0.5, 0.6) is 0 Å². The lowest BCUT2D eigenvalue weighted by atomic mass is 10.2. The van der Waals surface area contributed by atoms with E-state index in [1.807, 2.05) is 29.2 Å². The van der Waals surface area contributed by atoms with Gasteiger partial charge in [-0.2, -0.15) is 5.10 Å². The van der Waals surface area contributed by atoms with Gasteiger partial charge in [0.25, 0.3) is 0 Å². The molecule has 1 amide bonds. The van der Waals surface area contributed by atoms with Gasteiger partial charge in [0.1, 0.15) is 10.8 Å². The second-order valence-corrected chi connectivity index (χ2v) is 6.63. The van der Waals surface area contributed by atoms with E-state index in [4.69, 9.17) is 0 Å². The summed E-state index contributed by atoms with van der Waals surface area (Å²) in [5.41, 5.74) is 0.584. The topological polar surface area (TPSA) is 94.7 Å². The van der Waals surface area contributed by atoms with Crippen LogP contribution in [0.3, 0.4) is 0 Å². The van der Waals surface area contributed by atoms with Crippen LogP contribution in [0.15, 0.2) is 29.1 Å². The molecule has 0 aliphatic carbocycles. The number of carbonyl (C=O) groups excluding carboxylic acids is 1. The van der Waals surface area contributed by atoms with Crippen molar-refractivity contribution in [3.63, 3.8) is 0 Å². The Balaban J connectivity index is 1.58. The van der Waals surface area contributed by atoms with Crippen LogP contribution in [0, 0.1) is 0 Å². The van der Waals surface area contributed by atoms with Crippen molar-refractivity contribution in [3.8, 4) is 0 Å². The Kier molecular flexibility index (Phi) is 3.45. The number of amides is 1. The van der Waals surface area contributed by atoms with E-state index >= 15 is 0 Å². The Bertz CT molecular complexity index is 879. The van der Waals surface area contributed by atoms with Gasteiger partial charge in [-0.3, -0.25) is 9.78 Å². The molecule has 0 saturated carbocycles. The highest BCUT2D eigenvalue weighted by molar-refractivity contribution is 7.18. The SMILES string of the molecule is O=C(Cc1n[nH]c(=O)[nH]1)N1CCC[C@H]1c1nc2ccccc2s1. The zero-order valence-electron chi connectivity index (χ0n) is 12.3. The fourth-order valence-corrected chi connectivity index (χ4v) is 4.10. The molecule has 7 nitrogen and oxygen atoms in total. The number of rotatable bonds is 3. The summed E-state index contributed by atoms with van der Waals surface area (Å²) in [5.74, 6) is 0.337. The molecule has 2 N–H and O–H groups in total. The van der Waals surface area contributed by atoms with E-state index in [9.17, 15) is 9.59 Å². The van der Waals surface area contributed by atoms with Crippen molar-refractivity contribution in [2.24, 2.45) is 0 Å². The molecule has 2 aromatic heterocycles. The highest BCUT2D eigenvalue weighted by Gasteiger charge is 2.32. The third-order valence-corrected chi connectivity index (χ3v) is 5.18.